The van der Waals surface area contributed by atoms with E-state index in [0.717, 1.165) is 11.3 Å². The first-order valence-electron chi connectivity index (χ1n) is 7.60. The van der Waals surface area contributed by atoms with E-state index >= 15 is 0 Å². The number of nitriles is 1. The maximum absolute atomic E-state index is 10.1. The lowest BCUT2D eigenvalue weighted by Gasteiger charge is -2.14. The highest BCUT2D eigenvalue weighted by Crippen LogP contribution is 2.39. The molecule has 2 heterocycles. The molecule has 3 rings (SSSR count). The van der Waals surface area contributed by atoms with Crippen molar-refractivity contribution in [3.05, 3.63) is 47.2 Å². The molecule has 0 aliphatic carbocycles. The Hall–Kier alpha value is -3.46. The Morgan fingerprint density at radius 2 is 2.00 bits per heavy atom. The average Bonchev–Trinajstić information content (AvgIpc) is 3.02. The van der Waals surface area contributed by atoms with E-state index in [0.29, 0.717) is 28.3 Å². The molecular formula is C19H17N3O3. The maximum Gasteiger partial charge on any atom is 0.160 e. The Morgan fingerprint density at radius 3 is 2.56 bits per heavy atom. The van der Waals surface area contributed by atoms with Crippen molar-refractivity contribution in [2.24, 2.45) is 0 Å². The molecule has 3 aromatic rings. The molecule has 6 nitrogen and oxygen atoms in total. The van der Waals surface area contributed by atoms with Crippen molar-refractivity contribution in [1.29, 1.82) is 5.26 Å². The maximum atomic E-state index is 10.1. The van der Waals surface area contributed by atoms with Gasteiger partial charge < -0.3 is 20.0 Å². The molecule has 0 bridgehead atoms. The Balaban J connectivity index is 2.30. The van der Waals surface area contributed by atoms with Crippen LogP contribution >= 0.6 is 0 Å². The van der Waals surface area contributed by atoms with Gasteiger partial charge in [-0.3, -0.25) is 0 Å². The van der Waals surface area contributed by atoms with E-state index in [4.69, 9.17) is 14.9 Å². The molecule has 0 amide bonds. The minimum absolute atomic E-state index is 0.0194. The van der Waals surface area contributed by atoms with Crippen LogP contribution in [0.15, 0.2) is 34.7 Å². The summed E-state index contributed by atoms with van der Waals surface area (Å²) < 4.78 is 10.7. The van der Waals surface area contributed by atoms with Crippen molar-refractivity contribution in [2.75, 3.05) is 12.8 Å². The van der Waals surface area contributed by atoms with Crippen LogP contribution in [0.5, 0.6) is 11.5 Å². The Bertz CT molecular complexity index is 1000. The first-order valence-corrected chi connectivity index (χ1v) is 7.60. The van der Waals surface area contributed by atoms with E-state index in [9.17, 15) is 10.4 Å². The van der Waals surface area contributed by atoms with Crippen LogP contribution in [0, 0.1) is 25.2 Å². The summed E-state index contributed by atoms with van der Waals surface area (Å²) in [6.07, 6.45) is 0. The predicted molar refractivity (Wildman–Crippen MR) is 94.2 cm³/mol. The summed E-state index contributed by atoms with van der Waals surface area (Å²) in [5, 5.41) is 19.6. The minimum atomic E-state index is -0.0194. The second-order valence-electron chi connectivity index (χ2n) is 5.63. The normalized spacial score (nSPS) is 10.5. The number of furan rings is 1. The lowest BCUT2D eigenvalue weighted by atomic mass is 9.94. The third-order valence-corrected chi connectivity index (χ3v) is 4.02. The standard InChI is InChI=1S/C19H17N3O3/c1-10-4-6-16(25-10)18-11(2)17(13(9-20)19(21)22-18)12-5-7-15(24-3)14(23)8-12/h4-8,23H,1-3H3,(H2,21,22). The molecular weight excluding hydrogens is 318 g/mol. The number of benzene rings is 1. The molecule has 0 radical (unpaired) electrons. The van der Waals surface area contributed by atoms with Crippen LogP contribution in [0.4, 0.5) is 5.82 Å². The average molecular weight is 335 g/mol. The lowest BCUT2D eigenvalue weighted by molar-refractivity contribution is 0.373. The number of phenolic OH excluding ortho intramolecular Hbond substituents is 1. The van der Waals surface area contributed by atoms with Crippen LogP contribution in [0.3, 0.4) is 0 Å². The van der Waals surface area contributed by atoms with Gasteiger partial charge in [0.1, 0.15) is 28.9 Å². The summed E-state index contributed by atoms with van der Waals surface area (Å²) in [5.74, 6) is 1.77. The summed E-state index contributed by atoms with van der Waals surface area (Å²) in [4.78, 5) is 4.34. The summed E-state index contributed by atoms with van der Waals surface area (Å²) >= 11 is 0. The summed E-state index contributed by atoms with van der Waals surface area (Å²) in [5.41, 5.74) is 8.83. The predicted octanol–water partition coefficient (Wildman–Crippen LogP) is 3.79. The van der Waals surface area contributed by atoms with Gasteiger partial charge in [-0.2, -0.15) is 5.26 Å². The number of aryl methyl sites for hydroxylation is 1. The monoisotopic (exact) mass is 335 g/mol. The smallest absolute Gasteiger partial charge is 0.160 e. The van der Waals surface area contributed by atoms with Gasteiger partial charge in [-0.1, -0.05) is 6.07 Å². The SMILES string of the molecule is COc1ccc(-c2c(C)c(-c3ccc(C)o3)nc(N)c2C#N)cc1O. The molecule has 0 saturated heterocycles. The fourth-order valence-corrected chi connectivity index (χ4v) is 2.82. The van der Waals surface area contributed by atoms with E-state index in [2.05, 4.69) is 11.1 Å². The Morgan fingerprint density at radius 1 is 1.24 bits per heavy atom. The van der Waals surface area contributed by atoms with Crippen molar-refractivity contribution in [2.45, 2.75) is 13.8 Å². The Kier molecular flexibility index (Phi) is 4.07. The number of methoxy groups -OCH3 is 1. The molecule has 0 unspecified atom stereocenters. The van der Waals surface area contributed by atoms with Crippen LogP contribution in [0.25, 0.3) is 22.6 Å². The number of anilines is 1. The molecule has 126 valence electrons. The molecule has 0 fully saturated rings. The summed E-state index contributed by atoms with van der Waals surface area (Å²) in [6, 6.07) is 10.7. The summed E-state index contributed by atoms with van der Waals surface area (Å²) in [6.45, 7) is 3.69. The van der Waals surface area contributed by atoms with Gasteiger partial charge in [0.05, 0.1) is 7.11 Å². The van der Waals surface area contributed by atoms with Gasteiger partial charge in [-0.15, -0.1) is 0 Å². The quantitative estimate of drug-likeness (QED) is 0.754. The number of nitrogen functional groups attached to an aromatic ring is 1. The zero-order valence-electron chi connectivity index (χ0n) is 14.1. The fraction of sp³-hybridized carbons (Fsp3) is 0.158. The summed E-state index contributed by atoms with van der Waals surface area (Å²) in [7, 11) is 1.47. The fourth-order valence-electron chi connectivity index (χ4n) is 2.82. The molecule has 1 aromatic carbocycles. The van der Waals surface area contributed by atoms with Crippen LogP contribution < -0.4 is 10.5 Å². The van der Waals surface area contributed by atoms with Crippen LogP contribution in [0.2, 0.25) is 0 Å². The number of aromatic nitrogens is 1. The molecule has 6 heteroatoms. The molecule has 0 atom stereocenters. The van der Waals surface area contributed by atoms with Crippen LogP contribution in [-0.2, 0) is 0 Å². The number of phenols is 1. The van der Waals surface area contributed by atoms with E-state index in [-0.39, 0.29) is 17.1 Å². The van der Waals surface area contributed by atoms with Crippen molar-refractivity contribution in [3.8, 4) is 40.1 Å². The highest BCUT2D eigenvalue weighted by Gasteiger charge is 2.20. The zero-order chi connectivity index (χ0) is 18.1. The van der Waals surface area contributed by atoms with Crippen molar-refractivity contribution >= 4 is 5.82 Å². The second-order valence-corrected chi connectivity index (χ2v) is 5.63. The molecule has 0 spiro atoms. The number of nitrogens with zero attached hydrogens (tertiary/aromatic N) is 2. The minimum Gasteiger partial charge on any atom is -0.504 e. The molecule has 0 aliphatic heterocycles. The third-order valence-electron chi connectivity index (χ3n) is 4.02. The van der Waals surface area contributed by atoms with Gasteiger partial charge in [0.15, 0.2) is 17.3 Å². The van der Waals surface area contributed by atoms with Crippen molar-refractivity contribution in [3.63, 3.8) is 0 Å². The number of aromatic hydroxyl groups is 1. The van der Waals surface area contributed by atoms with Gasteiger partial charge >= 0.3 is 0 Å². The number of rotatable bonds is 3. The van der Waals surface area contributed by atoms with Crippen molar-refractivity contribution in [1.82, 2.24) is 4.98 Å². The Labute approximate surface area is 145 Å². The third kappa shape index (κ3) is 2.76. The first-order chi connectivity index (χ1) is 12.0. The zero-order valence-corrected chi connectivity index (χ0v) is 14.1. The van der Waals surface area contributed by atoms with Gasteiger partial charge in [-0.05, 0) is 49.2 Å². The number of hydrogen-bond acceptors (Lipinski definition) is 6. The number of nitrogens with two attached hydrogens (primary N) is 1. The number of ether oxygens (including phenoxy) is 1. The largest absolute Gasteiger partial charge is 0.504 e. The van der Waals surface area contributed by atoms with E-state index < -0.39 is 0 Å². The molecule has 2 aromatic heterocycles. The molecule has 3 N–H and O–H groups in total. The second kappa shape index (κ2) is 6.21. The van der Waals surface area contributed by atoms with Crippen LogP contribution in [0.1, 0.15) is 16.9 Å². The van der Waals surface area contributed by atoms with Gasteiger partial charge in [0.2, 0.25) is 0 Å². The highest BCUT2D eigenvalue weighted by molar-refractivity contribution is 5.84. The van der Waals surface area contributed by atoms with E-state index in [1.807, 2.05) is 26.0 Å². The van der Waals surface area contributed by atoms with Gasteiger partial charge in [0.25, 0.3) is 0 Å². The highest BCUT2D eigenvalue weighted by atomic mass is 16.5. The van der Waals surface area contributed by atoms with Gasteiger partial charge in [-0.25, -0.2) is 4.98 Å². The van der Waals surface area contributed by atoms with Gasteiger partial charge in [0, 0.05) is 5.56 Å². The number of pyridine rings is 1. The molecule has 0 saturated carbocycles. The van der Waals surface area contributed by atoms with Crippen molar-refractivity contribution < 1.29 is 14.3 Å². The number of hydrogen-bond donors (Lipinski definition) is 2. The van der Waals surface area contributed by atoms with E-state index in [1.165, 1.54) is 7.11 Å². The lowest BCUT2D eigenvalue weighted by Crippen LogP contribution is -2.03. The van der Waals surface area contributed by atoms with E-state index in [1.54, 1.807) is 18.2 Å². The molecule has 0 aliphatic rings. The molecule has 25 heavy (non-hydrogen) atoms. The topological polar surface area (TPSA) is 105 Å². The first kappa shape index (κ1) is 16.4. The van der Waals surface area contributed by atoms with Crippen LogP contribution in [-0.4, -0.2) is 17.2 Å².